The van der Waals surface area contributed by atoms with Gasteiger partial charge in [-0.2, -0.15) is 31.3 Å². The van der Waals surface area contributed by atoms with Crippen LogP contribution in [0.1, 0.15) is 11.4 Å². The van der Waals surface area contributed by atoms with Crippen LogP contribution in [0, 0.1) is 6.92 Å². The molecule has 0 saturated carbocycles. The van der Waals surface area contributed by atoms with E-state index in [9.17, 15) is 31.1 Å². The molecule has 120 valence electrons. The standard InChI is InChI=1S/C12H7ClF6N2O/c1-6-3-2-4-8-20-9(22)5-7(21(6)8)10(14,15)11(16,17)12(13,18)19/h2-5H,1H3. The highest BCUT2D eigenvalue weighted by molar-refractivity contribution is 6.22. The van der Waals surface area contributed by atoms with E-state index in [1.54, 1.807) is 0 Å². The third kappa shape index (κ3) is 2.33. The van der Waals surface area contributed by atoms with Crippen molar-refractivity contribution in [1.29, 1.82) is 0 Å². The Balaban J connectivity index is 2.87. The number of pyridine rings is 1. The second-order valence-electron chi connectivity index (χ2n) is 4.49. The average Bonchev–Trinajstić information content (AvgIpc) is 2.36. The topological polar surface area (TPSA) is 34.4 Å². The monoisotopic (exact) mass is 344 g/mol. The number of hydrogen-bond acceptors (Lipinski definition) is 2. The molecule has 2 rings (SSSR count). The molecule has 0 N–H and O–H groups in total. The van der Waals surface area contributed by atoms with E-state index in [0.717, 1.165) is 6.07 Å². The van der Waals surface area contributed by atoms with E-state index in [4.69, 9.17) is 0 Å². The highest BCUT2D eigenvalue weighted by Crippen LogP contribution is 2.52. The number of aromatic nitrogens is 2. The number of alkyl halides is 7. The number of nitrogens with zero attached hydrogens (tertiary/aromatic N) is 2. The van der Waals surface area contributed by atoms with Gasteiger partial charge in [-0.3, -0.25) is 9.20 Å². The minimum atomic E-state index is -5.92. The highest BCUT2D eigenvalue weighted by Gasteiger charge is 2.72. The van der Waals surface area contributed by atoms with Crippen molar-refractivity contribution in [2.75, 3.05) is 0 Å². The van der Waals surface area contributed by atoms with E-state index in [1.165, 1.54) is 19.1 Å². The minimum absolute atomic E-state index is 0.00614. The summed E-state index contributed by atoms with van der Waals surface area (Å²) in [6, 6.07) is 3.78. The molecule has 0 unspecified atom stereocenters. The minimum Gasteiger partial charge on any atom is -0.296 e. The normalized spacial score (nSPS) is 13.6. The summed E-state index contributed by atoms with van der Waals surface area (Å²) in [6.45, 7) is 1.26. The van der Waals surface area contributed by atoms with Crippen molar-refractivity contribution in [3.05, 3.63) is 46.0 Å². The van der Waals surface area contributed by atoms with Crippen molar-refractivity contribution in [3.63, 3.8) is 0 Å². The van der Waals surface area contributed by atoms with E-state index in [1.807, 2.05) is 0 Å². The maximum absolute atomic E-state index is 14.0. The zero-order valence-corrected chi connectivity index (χ0v) is 11.5. The fraction of sp³-hybridized carbons (Fsp3) is 0.333. The first kappa shape index (κ1) is 16.6. The Morgan fingerprint density at radius 1 is 1.14 bits per heavy atom. The molecule has 0 aliphatic rings. The van der Waals surface area contributed by atoms with Crippen molar-refractivity contribution >= 4 is 17.2 Å². The van der Waals surface area contributed by atoms with Crippen molar-refractivity contribution in [2.45, 2.75) is 24.2 Å². The molecule has 0 aliphatic heterocycles. The maximum atomic E-state index is 14.0. The molecule has 0 fully saturated rings. The third-order valence-corrected chi connectivity index (χ3v) is 3.20. The summed E-state index contributed by atoms with van der Waals surface area (Å²) in [6.07, 6.45) is 0. The summed E-state index contributed by atoms with van der Waals surface area (Å²) in [5.41, 5.74) is -3.27. The molecule has 0 atom stereocenters. The smallest absolute Gasteiger partial charge is 0.296 e. The van der Waals surface area contributed by atoms with Crippen molar-refractivity contribution in [2.24, 2.45) is 0 Å². The van der Waals surface area contributed by atoms with Crippen LogP contribution in [-0.2, 0) is 5.92 Å². The lowest BCUT2D eigenvalue weighted by Gasteiger charge is -2.30. The summed E-state index contributed by atoms with van der Waals surface area (Å²) >= 11 is 4.12. The molecule has 0 bridgehead atoms. The number of hydrogen-bond donors (Lipinski definition) is 0. The Morgan fingerprint density at radius 3 is 2.27 bits per heavy atom. The summed E-state index contributed by atoms with van der Waals surface area (Å²) in [5.74, 6) is -11.3. The lowest BCUT2D eigenvalue weighted by Crippen LogP contribution is -2.50. The molecular formula is C12H7ClF6N2O. The molecule has 2 aromatic heterocycles. The van der Waals surface area contributed by atoms with E-state index in [0.29, 0.717) is 4.40 Å². The van der Waals surface area contributed by atoms with Gasteiger partial charge in [0.25, 0.3) is 5.56 Å². The molecule has 0 amide bonds. The number of aryl methyl sites for hydroxylation is 1. The van der Waals surface area contributed by atoms with Gasteiger partial charge >= 0.3 is 17.2 Å². The van der Waals surface area contributed by atoms with E-state index < -0.39 is 28.5 Å². The first-order valence-electron chi connectivity index (χ1n) is 5.72. The van der Waals surface area contributed by atoms with Crippen LogP contribution < -0.4 is 5.56 Å². The molecule has 3 nitrogen and oxygen atoms in total. The molecule has 10 heteroatoms. The molecule has 2 aromatic rings. The van der Waals surface area contributed by atoms with Crippen LogP contribution in [0.25, 0.3) is 5.65 Å². The third-order valence-electron chi connectivity index (χ3n) is 2.96. The Hall–Kier alpha value is -1.77. The lowest BCUT2D eigenvalue weighted by atomic mass is 10.1. The molecule has 0 saturated heterocycles. The largest absolute Gasteiger partial charge is 0.392 e. The van der Waals surface area contributed by atoms with Crippen LogP contribution in [0.4, 0.5) is 26.3 Å². The fourth-order valence-corrected chi connectivity index (χ4v) is 2.02. The van der Waals surface area contributed by atoms with Crippen LogP contribution in [0.2, 0.25) is 0 Å². The number of halogens is 7. The van der Waals surface area contributed by atoms with Gasteiger partial charge in [-0.25, -0.2) is 0 Å². The van der Waals surface area contributed by atoms with Gasteiger partial charge in [0.1, 0.15) is 11.3 Å². The first-order valence-corrected chi connectivity index (χ1v) is 6.09. The van der Waals surface area contributed by atoms with Crippen molar-refractivity contribution < 1.29 is 26.3 Å². The Labute approximate surface area is 124 Å². The average molecular weight is 345 g/mol. The van der Waals surface area contributed by atoms with Gasteiger partial charge in [-0.15, -0.1) is 0 Å². The Kier molecular flexibility index (Phi) is 3.67. The van der Waals surface area contributed by atoms with Gasteiger partial charge in [-0.1, -0.05) is 6.07 Å². The zero-order valence-electron chi connectivity index (χ0n) is 10.8. The SMILES string of the molecule is Cc1cccc2nc(=O)cc(C(F)(F)C(F)(F)C(F)(F)Cl)n12. The van der Waals surface area contributed by atoms with Crippen LogP contribution in [0.5, 0.6) is 0 Å². The van der Waals surface area contributed by atoms with E-state index in [2.05, 4.69) is 16.6 Å². The molecule has 0 spiro atoms. The van der Waals surface area contributed by atoms with Gasteiger partial charge in [-0.05, 0) is 30.7 Å². The Morgan fingerprint density at radius 2 is 1.73 bits per heavy atom. The molecule has 2 heterocycles. The summed E-state index contributed by atoms with van der Waals surface area (Å²) < 4.78 is 80.8. The van der Waals surface area contributed by atoms with E-state index >= 15 is 0 Å². The molecule has 0 aliphatic carbocycles. The predicted octanol–water partition coefficient (Wildman–Crippen LogP) is 3.56. The second-order valence-corrected chi connectivity index (χ2v) is 4.96. The van der Waals surface area contributed by atoms with Gasteiger partial charge in [0.05, 0.1) is 0 Å². The van der Waals surface area contributed by atoms with Crippen molar-refractivity contribution in [1.82, 2.24) is 9.38 Å². The Bertz CT molecular complexity index is 783. The summed E-state index contributed by atoms with van der Waals surface area (Å²) in [7, 11) is 0. The maximum Gasteiger partial charge on any atom is 0.392 e. The summed E-state index contributed by atoms with van der Waals surface area (Å²) in [5, 5.41) is -5.52. The lowest BCUT2D eigenvalue weighted by molar-refractivity contribution is -0.287. The van der Waals surface area contributed by atoms with E-state index in [-0.39, 0.29) is 17.4 Å². The van der Waals surface area contributed by atoms with Crippen molar-refractivity contribution in [3.8, 4) is 0 Å². The van der Waals surface area contributed by atoms with Crippen LogP contribution in [-0.4, -0.2) is 20.7 Å². The van der Waals surface area contributed by atoms with Crippen LogP contribution in [0.15, 0.2) is 29.1 Å². The summed E-state index contributed by atoms with van der Waals surface area (Å²) in [4.78, 5) is 14.7. The molecular weight excluding hydrogens is 338 g/mol. The number of rotatable bonds is 3. The zero-order chi connectivity index (χ0) is 16.9. The highest BCUT2D eigenvalue weighted by atomic mass is 35.5. The fourth-order valence-electron chi connectivity index (χ4n) is 1.90. The van der Waals surface area contributed by atoms with Gasteiger partial charge in [0.2, 0.25) is 0 Å². The second kappa shape index (κ2) is 4.87. The van der Waals surface area contributed by atoms with Crippen LogP contribution in [0.3, 0.4) is 0 Å². The quantitative estimate of drug-likeness (QED) is 0.630. The molecule has 22 heavy (non-hydrogen) atoms. The molecule has 0 aromatic carbocycles. The van der Waals surface area contributed by atoms with Gasteiger partial charge in [0, 0.05) is 11.8 Å². The first-order chi connectivity index (χ1) is 9.89. The van der Waals surface area contributed by atoms with Gasteiger partial charge < -0.3 is 0 Å². The number of fused-ring (bicyclic) bond motifs is 1. The van der Waals surface area contributed by atoms with Gasteiger partial charge in [0.15, 0.2) is 0 Å². The molecule has 0 radical (unpaired) electrons. The predicted molar refractivity (Wildman–Crippen MR) is 65.8 cm³/mol. The van der Waals surface area contributed by atoms with Crippen LogP contribution >= 0.6 is 11.6 Å².